The fourth-order valence-corrected chi connectivity index (χ4v) is 5.30. The Morgan fingerprint density at radius 1 is 1.09 bits per heavy atom. The van der Waals surface area contributed by atoms with E-state index < -0.39 is 10.0 Å². The maximum Gasteiger partial charge on any atom is 0.264 e. The normalized spacial score (nSPS) is 12.5. The van der Waals surface area contributed by atoms with Crippen LogP contribution in [0.25, 0.3) is 11.0 Å². The highest BCUT2D eigenvalue weighted by atomic mass is 32.2. The highest BCUT2D eigenvalue weighted by Crippen LogP contribution is 2.28. The van der Waals surface area contributed by atoms with Crippen LogP contribution in [0.5, 0.6) is 0 Å². The summed E-state index contributed by atoms with van der Waals surface area (Å²) in [6.07, 6.45) is 0. The first-order valence-electron chi connectivity index (χ1n) is 10.0. The Kier molecular flexibility index (Phi) is 6.13. The third-order valence-electron chi connectivity index (χ3n) is 5.44. The molecule has 1 heterocycles. The number of nitrogens with one attached hydrogen (secondary N) is 1. The van der Waals surface area contributed by atoms with Crippen LogP contribution in [0.15, 0.2) is 65.6 Å². The molecule has 0 aliphatic rings. The topological polar surface area (TPSA) is 92.3 Å². The molecule has 170 valence electrons. The number of aromatic nitrogens is 2. The molecular weight excluding hydrogens is 463 g/mol. The highest BCUT2D eigenvalue weighted by molar-refractivity contribution is 7.93. The number of anilines is 1. The first-order chi connectivity index (χ1) is 15.7. The van der Waals surface area contributed by atoms with Gasteiger partial charge in [0.2, 0.25) is 0 Å². The standard InChI is InChI=1S/C23H21FN4O3S2/c1-14-7-12-18(23(29)28(3)15(2)16-8-10-17(24)11-9-16)20(13-14)27-33(30,31)21-6-4-5-19-22(21)26-32-25-19/h4-13,15,27H,1-3H3/t15-/m1/s1. The van der Waals surface area contributed by atoms with Crippen LogP contribution < -0.4 is 4.72 Å². The summed E-state index contributed by atoms with van der Waals surface area (Å²) in [6, 6.07) is 15.2. The summed E-state index contributed by atoms with van der Waals surface area (Å²) in [5.74, 6) is -0.737. The smallest absolute Gasteiger partial charge is 0.264 e. The maximum atomic E-state index is 13.3. The predicted octanol–water partition coefficient (Wildman–Crippen LogP) is 4.77. The minimum Gasteiger partial charge on any atom is -0.335 e. The maximum absolute atomic E-state index is 13.3. The molecular formula is C23H21FN4O3S2. The molecule has 0 spiro atoms. The quantitative estimate of drug-likeness (QED) is 0.426. The van der Waals surface area contributed by atoms with Crippen LogP contribution >= 0.6 is 11.7 Å². The fraction of sp³-hybridized carbons (Fsp3) is 0.174. The van der Waals surface area contributed by atoms with Gasteiger partial charge in [0.05, 0.1) is 29.0 Å². The van der Waals surface area contributed by atoms with Gasteiger partial charge in [-0.2, -0.15) is 8.75 Å². The Balaban J connectivity index is 1.68. The lowest BCUT2D eigenvalue weighted by molar-refractivity contribution is 0.0743. The van der Waals surface area contributed by atoms with Crippen LogP contribution in [0.3, 0.4) is 0 Å². The second kappa shape index (κ2) is 8.87. The zero-order chi connectivity index (χ0) is 23.8. The average Bonchev–Trinajstić information content (AvgIpc) is 3.27. The molecule has 0 saturated carbocycles. The van der Waals surface area contributed by atoms with Crippen molar-refractivity contribution in [2.24, 2.45) is 0 Å². The molecule has 0 radical (unpaired) electrons. The van der Waals surface area contributed by atoms with Crippen molar-refractivity contribution >= 4 is 44.4 Å². The Hall–Kier alpha value is -3.37. The zero-order valence-corrected chi connectivity index (χ0v) is 19.7. The van der Waals surface area contributed by atoms with Gasteiger partial charge in [0, 0.05) is 7.05 Å². The number of amides is 1. The summed E-state index contributed by atoms with van der Waals surface area (Å²) >= 11 is 0.929. The lowest BCUT2D eigenvalue weighted by Gasteiger charge is -2.26. The van der Waals surface area contributed by atoms with Crippen LogP contribution in [-0.4, -0.2) is 35.0 Å². The van der Waals surface area contributed by atoms with E-state index in [1.165, 1.54) is 23.1 Å². The van der Waals surface area contributed by atoms with Crippen molar-refractivity contribution in [2.45, 2.75) is 24.8 Å². The third kappa shape index (κ3) is 4.57. The number of halogens is 1. The van der Waals surface area contributed by atoms with Crippen LogP contribution in [-0.2, 0) is 10.0 Å². The molecule has 10 heteroatoms. The lowest BCUT2D eigenvalue weighted by atomic mass is 10.0. The van der Waals surface area contributed by atoms with E-state index in [2.05, 4.69) is 13.5 Å². The summed E-state index contributed by atoms with van der Waals surface area (Å²) < 4.78 is 50.5. The molecule has 3 aromatic carbocycles. The molecule has 1 aromatic heterocycles. The monoisotopic (exact) mass is 484 g/mol. The molecule has 1 atom stereocenters. The van der Waals surface area contributed by atoms with Crippen molar-refractivity contribution in [3.05, 3.63) is 83.2 Å². The highest BCUT2D eigenvalue weighted by Gasteiger charge is 2.25. The molecule has 7 nitrogen and oxygen atoms in total. The third-order valence-corrected chi connectivity index (χ3v) is 7.38. The summed E-state index contributed by atoms with van der Waals surface area (Å²) in [6.45, 7) is 3.63. The van der Waals surface area contributed by atoms with Gasteiger partial charge in [-0.1, -0.05) is 24.3 Å². The van der Waals surface area contributed by atoms with Gasteiger partial charge in [-0.15, -0.1) is 0 Å². The molecule has 0 aliphatic heterocycles. The number of carbonyl (C=O) groups excluding carboxylic acids is 1. The average molecular weight is 485 g/mol. The van der Waals surface area contributed by atoms with Gasteiger partial charge >= 0.3 is 0 Å². The van der Waals surface area contributed by atoms with Gasteiger partial charge in [0.1, 0.15) is 21.7 Å². The number of carbonyl (C=O) groups is 1. The predicted molar refractivity (Wildman–Crippen MR) is 126 cm³/mol. The first kappa shape index (κ1) is 22.8. The van der Waals surface area contributed by atoms with Crippen LogP contribution in [0.4, 0.5) is 10.1 Å². The van der Waals surface area contributed by atoms with E-state index >= 15 is 0 Å². The van der Waals surface area contributed by atoms with Crippen molar-refractivity contribution in [1.82, 2.24) is 13.6 Å². The number of benzene rings is 3. The van der Waals surface area contributed by atoms with Gasteiger partial charge in [0.25, 0.3) is 15.9 Å². The van der Waals surface area contributed by atoms with Crippen molar-refractivity contribution in [3.8, 4) is 0 Å². The van der Waals surface area contributed by atoms with Crippen molar-refractivity contribution in [3.63, 3.8) is 0 Å². The molecule has 4 rings (SSSR count). The van der Waals surface area contributed by atoms with Gasteiger partial charge in [-0.05, 0) is 61.4 Å². The van der Waals surface area contributed by atoms with E-state index in [1.807, 2.05) is 13.8 Å². The lowest BCUT2D eigenvalue weighted by Crippen LogP contribution is -2.30. The second-order valence-electron chi connectivity index (χ2n) is 7.69. The molecule has 4 aromatic rings. The van der Waals surface area contributed by atoms with Crippen molar-refractivity contribution in [2.75, 3.05) is 11.8 Å². The van der Waals surface area contributed by atoms with E-state index in [0.29, 0.717) is 5.52 Å². The Labute approximate surface area is 195 Å². The molecule has 33 heavy (non-hydrogen) atoms. The first-order valence-corrected chi connectivity index (χ1v) is 12.3. The Bertz CT molecular complexity index is 1440. The molecule has 1 amide bonds. The number of hydrogen-bond donors (Lipinski definition) is 1. The second-order valence-corrected chi connectivity index (χ2v) is 9.87. The van der Waals surface area contributed by atoms with Crippen LogP contribution in [0.2, 0.25) is 0 Å². The number of sulfonamides is 1. The molecule has 0 unspecified atom stereocenters. The summed E-state index contributed by atoms with van der Waals surface area (Å²) in [4.78, 5) is 14.8. The summed E-state index contributed by atoms with van der Waals surface area (Å²) in [5, 5.41) is 0. The number of aryl methyl sites for hydroxylation is 1. The Morgan fingerprint density at radius 2 is 1.82 bits per heavy atom. The van der Waals surface area contributed by atoms with E-state index in [4.69, 9.17) is 0 Å². The van der Waals surface area contributed by atoms with Crippen molar-refractivity contribution < 1.29 is 17.6 Å². The summed E-state index contributed by atoms with van der Waals surface area (Å²) in [5.41, 5.74) is 2.66. The van der Waals surface area contributed by atoms with E-state index in [0.717, 1.165) is 22.9 Å². The van der Waals surface area contributed by atoms with Gasteiger partial charge < -0.3 is 4.90 Å². The van der Waals surface area contributed by atoms with Crippen molar-refractivity contribution in [1.29, 1.82) is 0 Å². The zero-order valence-electron chi connectivity index (χ0n) is 18.1. The molecule has 0 bridgehead atoms. The Morgan fingerprint density at radius 3 is 2.55 bits per heavy atom. The van der Waals surface area contributed by atoms with E-state index in [1.54, 1.807) is 49.5 Å². The molecule has 0 aliphatic carbocycles. The molecule has 0 saturated heterocycles. The SMILES string of the molecule is Cc1ccc(C(=O)N(C)[C@H](C)c2ccc(F)cc2)c(NS(=O)(=O)c2cccc3nsnc23)c1. The van der Waals surface area contributed by atoms with Crippen LogP contribution in [0.1, 0.15) is 34.5 Å². The number of nitrogens with zero attached hydrogens (tertiary/aromatic N) is 3. The van der Waals surface area contributed by atoms with Crippen LogP contribution in [0, 0.1) is 12.7 Å². The molecule has 1 N–H and O–H groups in total. The number of hydrogen-bond acceptors (Lipinski definition) is 6. The fourth-order valence-electron chi connectivity index (χ4n) is 3.46. The van der Waals surface area contributed by atoms with E-state index in [-0.39, 0.29) is 39.4 Å². The number of rotatable bonds is 6. The van der Waals surface area contributed by atoms with Gasteiger partial charge in [-0.3, -0.25) is 9.52 Å². The molecule has 0 fully saturated rings. The largest absolute Gasteiger partial charge is 0.335 e. The van der Waals surface area contributed by atoms with Gasteiger partial charge in [-0.25, -0.2) is 12.8 Å². The van der Waals surface area contributed by atoms with E-state index in [9.17, 15) is 17.6 Å². The summed E-state index contributed by atoms with van der Waals surface area (Å²) in [7, 11) is -2.42. The minimum absolute atomic E-state index is 0.0123. The van der Waals surface area contributed by atoms with Gasteiger partial charge in [0.15, 0.2) is 0 Å². The number of fused-ring (bicyclic) bond motifs is 1. The minimum atomic E-state index is -4.04.